The summed E-state index contributed by atoms with van der Waals surface area (Å²) in [6, 6.07) is 0. The predicted molar refractivity (Wildman–Crippen MR) is 24.7 cm³/mol. The average Bonchev–Trinajstić information content (AvgIpc) is 1.96. The van der Waals surface area contributed by atoms with E-state index in [1.807, 2.05) is 0 Å². The summed E-state index contributed by atoms with van der Waals surface area (Å²) >= 11 is 0. The van der Waals surface area contributed by atoms with Crippen molar-refractivity contribution in [2.75, 3.05) is 0 Å². The zero-order valence-corrected chi connectivity index (χ0v) is 8.47. The predicted octanol–water partition coefficient (Wildman–Crippen LogP) is -1.41. The van der Waals surface area contributed by atoms with Crippen molar-refractivity contribution in [3.8, 4) is 0 Å². The Morgan fingerprint density at radius 1 is 1.00 bits per heavy atom. The molecule has 0 aliphatic heterocycles. The van der Waals surface area contributed by atoms with E-state index in [0.717, 1.165) is 0 Å². The van der Waals surface area contributed by atoms with Crippen LogP contribution in [-0.2, 0) is 14.6 Å². The van der Waals surface area contributed by atoms with Crippen molar-refractivity contribution in [3.63, 3.8) is 0 Å². The van der Waals surface area contributed by atoms with E-state index in [9.17, 15) is 13.6 Å². The third kappa shape index (κ3) is 11.9. The van der Waals surface area contributed by atoms with Gasteiger partial charge < -0.3 is 1.43 Å². The van der Waals surface area contributed by atoms with E-state index in [-0.39, 0.29) is 52.8 Å². The quantitative estimate of drug-likeness (QED) is 0.398. The summed E-state index contributed by atoms with van der Waals surface area (Å²) in [5.74, 6) is 0. The summed E-state index contributed by atoms with van der Waals surface area (Å²) in [5, 5.41) is 0. The standard InChI is InChI=1S/C2H4.BF3O3.K.H/c1-2;2-5-1(6-3)7-4;;/h1-2H2;;;/q;;+1;-1. The third-order valence-electron chi connectivity index (χ3n) is 0.218. The van der Waals surface area contributed by atoms with Gasteiger partial charge in [0.05, 0.1) is 0 Å². The Morgan fingerprint density at radius 3 is 1.20 bits per heavy atom. The van der Waals surface area contributed by atoms with Crippen LogP contribution in [-0.4, -0.2) is 7.32 Å². The van der Waals surface area contributed by atoms with Crippen LogP contribution in [0.2, 0.25) is 0 Å². The zero-order valence-electron chi connectivity index (χ0n) is 6.35. The smallest absolute Gasteiger partial charge is 1.00 e. The molecule has 0 radical (unpaired) electrons. The van der Waals surface area contributed by atoms with Crippen LogP contribution in [0.5, 0.6) is 0 Å². The minimum atomic E-state index is -2.51. The van der Waals surface area contributed by atoms with E-state index in [1.54, 1.807) is 0 Å². The molecule has 56 valence electrons. The molecule has 3 nitrogen and oxygen atoms in total. The molecule has 0 unspecified atom stereocenters. The Hall–Kier alpha value is 1.11. The molecule has 0 saturated carbocycles. The molecule has 0 rings (SSSR count). The summed E-state index contributed by atoms with van der Waals surface area (Å²) in [5.41, 5.74) is 0. The largest absolute Gasteiger partial charge is 1.00 e. The van der Waals surface area contributed by atoms with Crippen molar-refractivity contribution in [2.24, 2.45) is 0 Å². The van der Waals surface area contributed by atoms with Crippen LogP contribution in [0, 0.1) is 0 Å². The summed E-state index contributed by atoms with van der Waals surface area (Å²) in [7, 11) is -2.51. The van der Waals surface area contributed by atoms with Crippen LogP contribution in [0.15, 0.2) is 13.2 Å². The third-order valence-corrected chi connectivity index (χ3v) is 0.218. The Kier molecular flexibility index (Phi) is 28.7. The molecular formula is C2H5BF3KO3. The summed E-state index contributed by atoms with van der Waals surface area (Å²) in [4.78, 5) is 7.06. The van der Waals surface area contributed by atoms with Gasteiger partial charge in [-0.1, -0.05) is 13.6 Å². The topological polar surface area (TPSA) is 27.7 Å². The second-order valence-corrected chi connectivity index (χ2v) is 0.556. The van der Waals surface area contributed by atoms with E-state index in [2.05, 4.69) is 27.7 Å². The average molecular weight is 184 g/mol. The Morgan fingerprint density at radius 2 is 1.20 bits per heavy atom. The number of halogens is 3. The van der Waals surface area contributed by atoms with Gasteiger partial charge in [-0.3, -0.25) is 0 Å². The first-order chi connectivity index (χ1) is 4.35. The van der Waals surface area contributed by atoms with Crippen LogP contribution in [0.1, 0.15) is 1.43 Å². The van der Waals surface area contributed by atoms with Crippen molar-refractivity contribution >= 4 is 7.32 Å². The van der Waals surface area contributed by atoms with Crippen molar-refractivity contribution in [1.29, 1.82) is 0 Å². The SMILES string of the molecule is C=C.FOB(OF)OF.[H-].[K+]. The second kappa shape index (κ2) is 16.6. The van der Waals surface area contributed by atoms with Crippen LogP contribution < -0.4 is 51.4 Å². The van der Waals surface area contributed by atoms with Gasteiger partial charge >= 0.3 is 58.7 Å². The fraction of sp³-hybridized carbons (Fsp3) is 0. The van der Waals surface area contributed by atoms with E-state index >= 15 is 0 Å². The first kappa shape index (κ1) is 17.3. The number of hydrogen-bond acceptors (Lipinski definition) is 3. The fourth-order valence-electron chi connectivity index (χ4n) is 0.0412. The molecular weight excluding hydrogens is 179 g/mol. The normalized spacial score (nSPS) is 6.70. The monoisotopic (exact) mass is 184 g/mol. The van der Waals surface area contributed by atoms with Gasteiger partial charge in [-0.25, -0.2) is 0 Å². The summed E-state index contributed by atoms with van der Waals surface area (Å²) < 4.78 is 31.3. The molecule has 0 bridgehead atoms. The Labute approximate surface area is 100 Å². The van der Waals surface area contributed by atoms with Crippen LogP contribution in [0.25, 0.3) is 0 Å². The van der Waals surface area contributed by atoms with Crippen molar-refractivity contribution in [3.05, 3.63) is 13.2 Å². The molecule has 0 saturated heterocycles. The Bertz CT molecular complexity index is 56.3. The maximum absolute atomic E-state index is 10.4. The molecule has 0 aromatic carbocycles. The minimum Gasteiger partial charge on any atom is -1.00 e. The molecule has 10 heavy (non-hydrogen) atoms. The maximum Gasteiger partial charge on any atom is 1.00 e. The molecule has 0 aliphatic rings. The van der Waals surface area contributed by atoms with Crippen molar-refractivity contribution in [1.82, 2.24) is 0 Å². The van der Waals surface area contributed by atoms with Crippen molar-refractivity contribution in [2.45, 2.75) is 0 Å². The Balaban J connectivity index is -0.0000000564. The van der Waals surface area contributed by atoms with Gasteiger partial charge in [0, 0.05) is 0 Å². The molecule has 0 aromatic heterocycles. The van der Waals surface area contributed by atoms with E-state index in [1.165, 1.54) is 0 Å². The summed E-state index contributed by atoms with van der Waals surface area (Å²) in [6.45, 7) is 6.00. The first-order valence-corrected chi connectivity index (χ1v) is 1.67. The molecule has 0 spiro atoms. The van der Waals surface area contributed by atoms with E-state index in [0.29, 0.717) is 0 Å². The van der Waals surface area contributed by atoms with Crippen molar-refractivity contribution < 1.29 is 81.0 Å². The molecule has 0 heterocycles. The number of hydrogen-bond donors (Lipinski definition) is 0. The molecule has 0 aromatic rings. The second-order valence-electron chi connectivity index (χ2n) is 0.556. The van der Waals surface area contributed by atoms with Gasteiger partial charge in [-0.15, -0.1) is 13.2 Å². The fourth-order valence-corrected chi connectivity index (χ4v) is 0.0412. The van der Waals surface area contributed by atoms with Gasteiger partial charge in [0.2, 0.25) is 0 Å². The first-order valence-electron chi connectivity index (χ1n) is 1.67. The maximum atomic E-state index is 10.4. The zero-order chi connectivity index (χ0) is 7.70. The minimum absolute atomic E-state index is 0. The van der Waals surface area contributed by atoms with Crippen LogP contribution in [0.3, 0.4) is 0 Å². The molecule has 0 N–H and O–H groups in total. The molecule has 0 amide bonds. The van der Waals surface area contributed by atoms with Crippen LogP contribution >= 0.6 is 0 Å². The van der Waals surface area contributed by atoms with Gasteiger partial charge in [0.15, 0.2) is 0 Å². The van der Waals surface area contributed by atoms with Gasteiger partial charge in [0.1, 0.15) is 0 Å². The van der Waals surface area contributed by atoms with E-state index in [4.69, 9.17) is 0 Å². The molecule has 8 heteroatoms. The number of rotatable bonds is 3. The van der Waals surface area contributed by atoms with E-state index < -0.39 is 7.32 Å². The molecule has 0 atom stereocenters. The summed E-state index contributed by atoms with van der Waals surface area (Å²) in [6.07, 6.45) is 0. The van der Waals surface area contributed by atoms with Gasteiger partial charge in [-0.2, -0.15) is 14.6 Å². The van der Waals surface area contributed by atoms with Crippen LogP contribution in [0.4, 0.5) is 13.6 Å². The molecule has 0 aliphatic carbocycles. The molecule has 0 fully saturated rings. The van der Waals surface area contributed by atoms with Gasteiger partial charge in [0.25, 0.3) is 0 Å². The van der Waals surface area contributed by atoms with Gasteiger partial charge in [-0.05, 0) is 0 Å².